The van der Waals surface area contributed by atoms with E-state index in [0.717, 1.165) is 21.1 Å². The van der Waals surface area contributed by atoms with Crippen molar-refractivity contribution in [1.29, 1.82) is 0 Å². The molecule has 0 spiro atoms. The summed E-state index contributed by atoms with van der Waals surface area (Å²) in [7, 11) is 1.65. The van der Waals surface area contributed by atoms with Crippen LogP contribution < -0.4 is 15.2 Å². The van der Waals surface area contributed by atoms with Crippen molar-refractivity contribution in [3.05, 3.63) is 18.2 Å². The molecule has 1 N–H and O–H groups in total. The second-order valence-corrected chi connectivity index (χ2v) is 4.31. The highest BCUT2D eigenvalue weighted by Crippen LogP contribution is 2.30. The van der Waals surface area contributed by atoms with Gasteiger partial charge in [0.25, 0.3) is 0 Å². The maximum atomic E-state index is 5.18. The molecule has 6 nitrogen and oxygen atoms in total. The molecule has 2 heterocycles. The van der Waals surface area contributed by atoms with E-state index in [4.69, 9.17) is 4.74 Å². The number of aromatic nitrogens is 1. The first-order valence-corrected chi connectivity index (χ1v) is 5.73. The first-order chi connectivity index (χ1) is 8.36. The van der Waals surface area contributed by atoms with Crippen molar-refractivity contribution in [3.63, 3.8) is 0 Å². The number of hydrogen-bond donors (Lipinski definition) is 1. The number of methoxy groups -OCH3 is 1. The number of ether oxygens (including phenoxy) is 1. The van der Waals surface area contributed by atoms with Gasteiger partial charge in [0.05, 0.1) is 17.3 Å². The van der Waals surface area contributed by atoms with Gasteiger partial charge in [-0.15, -0.1) is 10.2 Å². The van der Waals surface area contributed by atoms with E-state index in [1.165, 1.54) is 6.34 Å². The number of anilines is 1. The fourth-order valence-electron chi connectivity index (χ4n) is 1.46. The summed E-state index contributed by atoms with van der Waals surface area (Å²) >= 11 is 1.55. The first-order valence-electron chi connectivity index (χ1n) is 4.92. The van der Waals surface area contributed by atoms with Gasteiger partial charge in [0.2, 0.25) is 5.13 Å². The summed E-state index contributed by atoms with van der Waals surface area (Å²) in [4.78, 5) is 4.49. The number of hydrazine groups is 1. The van der Waals surface area contributed by atoms with E-state index in [1.807, 2.05) is 18.2 Å². The number of thiazole rings is 1. The maximum Gasteiger partial charge on any atom is 0.211 e. The van der Waals surface area contributed by atoms with Gasteiger partial charge in [0.1, 0.15) is 18.4 Å². The minimum atomic E-state index is 0.808. The molecule has 1 aliphatic rings. The summed E-state index contributed by atoms with van der Waals surface area (Å²) in [6, 6.07) is 5.79. The summed E-state index contributed by atoms with van der Waals surface area (Å²) in [5, 5.41) is 9.99. The number of fused-ring (bicyclic) bond motifs is 1. The zero-order valence-corrected chi connectivity index (χ0v) is 9.81. The van der Waals surface area contributed by atoms with Crippen molar-refractivity contribution < 1.29 is 4.74 Å². The molecular formula is C10H9N5OS. The van der Waals surface area contributed by atoms with Gasteiger partial charge in [-0.05, 0) is 18.2 Å². The molecule has 0 fully saturated rings. The molecule has 0 unspecified atom stereocenters. The Kier molecular flexibility index (Phi) is 2.37. The Hall–Kier alpha value is -2.15. The smallest absolute Gasteiger partial charge is 0.211 e. The highest BCUT2D eigenvalue weighted by atomic mass is 32.1. The van der Waals surface area contributed by atoms with Crippen LogP contribution in [0.2, 0.25) is 0 Å². The predicted molar refractivity (Wildman–Crippen MR) is 68.8 cm³/mol. The van der Waals surface area contributed by atoms with Crippen molar-refractivity contribution in [1.82, 2.24) is 10.4 Å². The van der Waals surface area contributed by atoms with Crippen LogP contribution >= 0.6 is 11.3 Å². The van der Waals surface area contributed by atoms with Gasteiger partial charge in [-0.2, -0.15) is 0 Å². The van der Waals surface area contributed by atoms with E-state index in [2.05, 4.69) is 20.6 Å². The lowest BCUT2D eigenvalue weighted by atomic mass is 10.3. The largest absolute Gasteiger partial charge is 0.497 e. The van der Waals surface area contributed by atoms with Crippen LogP contribution in [0.15, 0.2) is 28.4 Å². The van der Waals surface area contributed by atoms with Gasteiger partial charge in [0.15, 0.2) is 0 Å². The Morgan fingerprint density at radius 1 is 1.35 bits per heavy atom. The van der Waals surface area contributed by atoms with Crippen LogP contribution in [0.25, 0.3) is 10.2 Å². The Labute approximate surface area is 101 Å². The zero-order valence-electron chi connectivity index (χ0n) is 8.99. The van der Waals surface area contributed by atoms with Crippen LogP contribution in [0.4, 0.5) is 5.13 Å². The van der Waals surface area contributed by atoms with Crippen LogP contribution in [0.1, 0.15) is 0 Å². The third kappa shape index (κ3) is 1.80. The molecule has 0 radical (unpaired) electrons. The lowest BCUT2D eigenvalue weighted by molar-refractivity contribution is 0.415. The lowest BCUT2D eigenvalue weighted by Crippen LogP contribution is -2.37. The third-order valence-corrected chi connectivity index (χ3v) is 3.30. The average molecular weight is 247 g/mol. The van der Waals surface area contributed by atoms with Gasteiger partial charge in [-0.25, -0.2) is 9.99 Å². The molecule has 2 aromatic rings. The van der Waals surface area contributed by atoms with Crippen LogP contribution in [0, 0.1) is 0 Å². The summed E-state index contributed by atoms with van der Waals surface area (Å²) in [5.74, 6) is 0.828. The van der Waals surface area contributed by atoms with Crippen molar-refractivity contribution >= 4 is 39.4 Å². The molecule has 0 saturated carbocycles. The van der Waals surface area contributed by atoms with Crippen molar-refractivity contribution in [2.45, 2.75) is 0 Å². The van der Waals surface area contributed by atoms with Crippen molar-refractivity contribution in [2.75, 3.05) is 12.1 Å². The molecule has 1 aromatic heterocycles. The number of nitrogens with one attached hydrogen (secondary N) is 1. The van der Waals surface area contributed by atoms with Crippen LogP contribution in [0.5, 0.6) is 5.75 Å². The molecule has 0 atom stereocenters. The highest BCUT2D eigenvalue weighted by Gasteiger charge is 2.11. The SMILES string of the molecule is COc1ccc2nc(N3C=NN=CN3)sc2c1. The molecule has 86 valence electrons. The molecule has 17 heavy (non-hydrogen) atoms. The quantitative estimate of drug-likeness (QED) is 0.875. The van der Waals surface area contributed by atoms with Crippen molar-refractivity contribution in [3.8, 4) is 5.75 Å². The van der Waals surface area contributed by atoms with Crippen LogP contribution in [-0.2, 0) is 0 Å². The molecule has 7 heteroatoms. The second-order valence-electron chi connectivity index (χ2n) is 3.30. The Morgan fingerprint density at radius 3 is 3.06 bits per heavy atom. The van der Waals surface area contributed by atoms with E-state index in [-0.39, 0.29) is 0 Å². The van der Waals surface area contributed by atoms with Crippen molar-refractivity contribution in [2.24, 2.45) is 10.2 Å². The second kappa shape index (κ2) is 4.02. The number of hydrogen-bond acceptors (Lipinski definition) is 7. The van der Waals surface area contributed by atoms with Gasteiger partial charge >= 0.3 is 0 Å². The minimum Gasteiger partial charge on any atom is -0.497 e. The normalized spacial score (nSPS) is 14.1. The Morgan fingerprint density at radius 2 is 2.29 bits per heavy atom. The topological polar surface area (TPSA) is 62.1 Å². The Bertz CT molecular complexity index is 606. The summed E-state index contributed by atoms with van der Waals surface area (Å²) in [6.45, 7) is 0. The van der Waals surface area contributed by atoms with Gasteiger partial charge in [0, 0.05) is 0 Å². The fraction of sp³-hybridized carbons (Fsp3) is 0.100. The summed E-state index contributed by atoms with van der Waals surface area (Å²) in [5.41, 5.74) is 3.87. The van der Waals surface area contributed by atoms with E-state index in [1.54, 1.807) is 29.8 Å². The van der Waals surface area contributed by atoms with E-state index < -0.39 is 0 Å². The molecule has 1 aromatic carbocycles. The third-order valence-electron chi connectivity index (χ3n) is 2.28. The van der Waals surface area contributed by atoms with E-state index in [0.29, 0.717) is 0 Å². The van der Waals surface area contributed by atoms with Crippen LogP contribution in [0.3, 0.4) is 0 Å². The van der Waals surface area contributed by atoms with Gasteiger partial charge in [-0.3, -0.25) is 5.43 Å². The number of nitrogens with zero attached hydrogens (tertiary/aromatic N) is 4. The summed E-state index contributed by atoms with van der Waals surface area (Å²) in [6.07, 6.45) is 3.08. The van der Waals surface area contributed by atoms with Gasteiger partial charge in [-0.1, -0.05) is 11.3 Å². The fourth-order valence-corrected chi connectivity index (χ4v) is 2.40. The average Bonchev–Trinajstić information content (AvgIpc) is 2.82. The molecule has 0 bridgehead atoms. The molecule has 0 saturated heterocycles. The number of benzene rings is 1. The highest BCUT2D eigenvalue weighted by molar-refractivity contribution is 7.22. The molecule has 0 amide bonds. The number of rotatable bonds is 2. The molecular weight excluding hydrogens is 238 g/mol. The predicted octanol–water partition coefficient (Wildman–Crippen LogP) is 1.60. The Balaban J connectivity index is 2.01. The molecule has 3 rings (SSSR count). The molecule has 0 aliphatic carbocycles. The monoisotopic (exact) mass is 247 g/mol. The standard InChI is InChI=1S/C10H9N5OS/c1-16-7-2-3-8-9(4-7)17-10(14-8)15-6-12-11-5-13-15/h2-6H,1H3,(H,11,13). The van der Waals surface area contributed by atoms with E-state index in [9.17, 15) is 0 Å². The van der Waals surface area contributed by atoms with Gasteiger partial charge < -0.3 is 4.74 Å². The zero-order chi connectivity index (χ0) is 11.7. The molecule has 1 aliphatic heterocycles. The maximum absolute atomic E-state index is 5.18. The minimum absolute atomic E-state index is 0.808. The van der Waals surface area contributed by atoms with E-state index >= 15 is 0 Å². The first kappa shape index (κ1) is 10.0. The van der Waals surface area contributed by atoms with Crippen LogP contribution in [-0.4, -0.2) is 24.8 Å². The summed E-state index contributed by atoms with van der Waals surface area (Å²) < 4.78 is 6.25. The lowest BCUT2D eigenvalue weighted by Gasteiger charge is -2.15.